The molecule has 2 rings (SSSR count). The molecule has 0 aliphatic carbocycles. The van der Waals surface area contributed by atoms with Gasteiger partial charge in [0.15, 0.2) is 0 Å². The molecule has 0 saturated heterocycles. The van der Waals surface area contributed by atoms with Crippen molar-refractivity contribution in [2.75, 3.05) is 0 Å². The standard InChI is InChI=1S/C16H17ClN4O2/c17-13-5-3-12(4-6-13)14(21-16(18)23)8-15(22)20-10-11-2-1-7-19-9-11/h1-7,9,14H,8,10H2,(H,20,22)(H3,18,21,23)/t14-/m0/s1. The molecule has 1 aromatic heterocycles. The smallest absolute Gasteiger partial charge is 0.312 e. The molecule has 0 aliphatic heterocycles. The van der Waals surface area contributed by atoms with Gasteiger partial charge < -0.3 is 16.4 Å². The van der Waals surface area contributed by atoms with Crippen molar-refractivity contribution in [2.45, 2.75) is 19.0 Å². The number of hydrogen-bond donors (Lipinski definition) is 3. The fourth-order valence-electron chi connectivity index (χ4n) is 2.08. The van der Waals surface area contributed by atoms with Crippen LogP contribution in [0, 0.1) is 0 Å². The summed E-state index contributed by atoms with van der Waals surface area (Å²) in [6.07, 6.45) is 3.42. The molecule has 3 amide bonds. The molecule has 0 radical (unpaired) electrons. The second-order valence-corrected chi connectivity index (χ2v) is 5.39. The maximum Gasteiger partial charge on any atom is 0.312 e. The molecule has 4 N–H and O–H groups in total. The van der Waals surface area contributed by atoms with E-state index in [9.17, 15) is 9.59 Å². The summed E-state index contributed by atoms with van der Waals surface area (Å²) in [5, 5.41) is 5.93. The molecular weight excluding hydrogens is 316 g/mol. The van der Waals surface area contributed by atoms with E-state index in [0.29, 0.717) is 11.6 Å². The van der Waals surface area contributed by atoms with E-state index in [2.05, 4.69) is 15.6 Å². The van der Waals surface area contributed by atoms with Gasteiger partial charge in [0.1, 0.15) is 0 Å². The number of pyridine rings is 1. The first-order chi connectivity index (χ1) is 11.0. The Morgan fingerprint density at radius 1 is 1.22 bits per heavy atom. The lowest BCUT2D eigenvalue weighted by atomic mass is 10.0. The molecule has 7 heteroatoms. The Kier molecular flexibility index (Phi) is 5.94. The van der Waals surface area contributed by atoms with E-state index in [1.807, 2.05) is 6.07 Å². The predicted molar refractivity (Wildman–Crippen MR) is 87.6 cm³/mol. The Hall–Kier alpha value is -2.60. The van der Waals surface area contributed by atoms with E-state index in [1.54, 1.807) is 42.7 Å². The zero-order chi connectivity index (χ0) is 16.7. The maximum atomic E-state index is 12.1. The molecule has 0 spiro atoms. The van der Waals surface area contributed by atoms with Crippen molar-refractivity contribution in [1.82, 2.24) is 15.6 Å². The lowest BCUT2D eigenvalue weighted by molar-refractivity contribution is -0.121. The summed E-state index contributed by atoms with van der Waals surface area (Å²) in [6.45, 7) is 0.372. The molecule has 0 aliphatic rings. The van der Waals surface area contributed by atoms with Gasteiger partial charge in [-0.2, -0.15) is 0 Å². The third-order valence-electron chi connectivity index (χ3n) is 3.19. The van der Waals surface area contributed by atoms with Gasteiger partial charge in [0.2, 0.25) is 5.91 Å². The van der Waals surface area contributed by atoms with Gasteiger partial charge in [0.05, 0.1) is 12.5 Å². The van der Waals surface area contributed by atoms with Gasteiger partial charge in [-0.1, -0.05) is 29.8 Å². The number of rotatable bonds is 6. The maximum absolute atomic E-state index is 12.1. The zero-order valence-corrected chi connectivity index (χ0v) is 13.1. The minimum Gasteiger partial charge on any atom is -0.352 e. The Morgan fingerprint density at radius 2 is 1.96 bits per heavy atom. The van der Waals surface area contributed by atoms with Crippen LogP contribution in [0.2, 0.25) is 5.02 Å². The van der Waals surface area contributed by atoms with E-state index >= 15 is 0 Å². The van der Waals surface area contributed by atoms with E-state index in [4.69, 9.17) is 17.3 Å². The van der Waals surface area contributed by atoms with Gasteiger partial charge in [-0.3, -0.25) is 9.78 Å². The number of carbonyl (C=O) groups is 2. The van der Waals surface area contributed by atoms with Crippen LogP contribution in [0.5, 0.6) is 0 Å². The molecule has 23 heavy (non-hydrogen) atoms. The molecule has 1 heterocycles. The highest BCUT2D eigenvalue weighted by molar-refractivity contribution is 6.30. The number of amides is 3. The average Bonchev–Trinajstić information content (AvgIpc) is 2.53. The van der Waals surface area contributed by atoms with Crippen molar-refractivity contribution in [2.24, 2.45) is 5.73 Å². The largest absolute Gasteiger partial charge is 0.352 e. The summed E-state index contributed by atoms with van der Waals surface area (Å²) < 4.78 is 0. The lowest BCUT2D eigenvalue weighted by Crippen LogP contribution is -2.36. The van der Waals surface area contributed by atoms with Gasteiger partial charge in [-0.25, -0.2) is 4.79 Å². The second-order valence-electron chi connectivity index (χ2n) is 4.95. The number of benzene rings is 1. The van der Waals surface area contributed by atoms with Gasteiger partial charge in [-0.15, -0.1) is 0 Å². The quantitative estimate of drug-likeness (QED) is 0.756. The van der Waals surface area contributed by atoms with E-state index < -0.39 is 12.1 Å². The first-order valence-electron chi connectivity index (χ1n) is 7.01. The SMILES string of the molecule is NC(=O)N[C@@H](CC(=O)NCc1cccnc1)c1ccc(Cl)cc1. The summed E-state index contributed by atoms with van der Waals surface area (Å²) >= 11 is 5.85. The van der Waals surface area contributed by atoms with Crippen molar-refractivity contribution in [3.05, 3.63) is 64.9 Å². The highest BCUT2D eigenvalue weighted by Gasteiger charge is 2.17. The summed E-state index contributed by atoms with van der Waals surface area (Å²) in [4.78, 5) is 27.2. The molecule has 0 saturated carbocycles. The molecule has 6 nitrogen and oxygen atoms in total. The number of carbonyl (C=O) groups excluding carboxylic acids is 2. The van der Waals surface area contributed by atoms with Crippen LogP contribution in [-0.4, -0.2) is 16.9 Å². The number of urea groups is 1. The number of halogens is 1. The Bertz CT molecular complexity index is 662. The zero-order valence-electron chi connectivity index (χ0n) is 12.3. The highest BCUT2D eigenvalue weighted by Crippen LogP contribution is 2.19. The van der Waals surface area contributed by atoms with Crippen LogP contribution in [0.4, 0.5) is 4.79 Å². The summed E-state index contributed by atoms with van der Waals surface area (Å²) in [6, 6.07) is 9.34. The molecule has 0 unspecified atom stereocenters. The van der Waals surface area contributed by atoms with Crippen molar-refractivity contribution >= 4 is 23.5 Å². The molecule has 1 aromatic carbocycles. The normalized spacial score (nSPS) is 11.5. The minimum absolute atomic E-state index is 0.0742. The van der Waals surface area contributed by atoms with E-state index in [-0.39, 0.29) is 12.3 Å². The third-order valence-corrected chi connectivity index (χ3v) is 3.44. The second kappa shape index (κ2) is 8.14. The Labute approximate surface area is 139 Å². The Morgan fingerprint density at radius 3 is 2.57 bits per heavy atom. The average molecular weight is 333 g/mol. The van der Waals surface area contributed by atoms with Crippen LogP contribution < -0.4 is 16.4 Å². The van der Waals surface area contributed by atoms with E-state index in [1.165, 1.54) is 0 Å². The van der Waals surface area contributed by atoms with Crippen LogP contribution in [0.3, 0.4) is 0 Å². The molecule has 0 bridgehead atoms. The molecule has 0 fully saturated rings. The number of nitrogens with two attached hydrogens (primary N) is 1. The highest BCUT2D eigenvalue weighted by atomic mass is 35.5. The molecule has 120 valence electrons. The van der Waals surface area contributed by atoms with Crippen molar-refractivity contribution in [1.29, 1.82) is 0 Å². The number of hydrogen-bond acceptors (Lipinski definition) is 3. The number of nitrogens with zero attached hydrogens (tertiary/aromatic N) is 1. The van der Waals surface area contributed by atoms with Gasteiger partial charge >= 0.3 is 6.03 Å². The van der Waals surface area contributed by atoms with Crippen molar-refractivity contribution in [3.8, 4) is 0 Å². The number of aromatic nitrogens is 1. The first-order valence-corrected chi connectivity index (χ1v) is 7.39. The monoisotopic (exact) mass is 332 g/mol. The predicted octanol–water partition coefficient (Wildman–Crippen LogP) is 2.15. The van der Waals surface area contributed by atoms with Crippen LogP contribution >= 0.6 is 11.6 Å². The topological polar surface area (TPSA) is 97.1 Å². The van der Waals surface area contributed by atoms with Gasteiger partial charge in [0, 0.05) is 24.0 Å². The lowest BCUT2D eigenvalue weighted by Gasteiger charge is -2.18. The summed E-state index contributed by atoms with van der Waals surface area (Å²) in [5.41, 5.74) is 6.83. The number of nitrogens with one attached hydrogen (secondary N) is 2. The first kappa shape index (κ1) is 16.8. The van der Waals surface area contributed by atoms with Crippen LogP contribution in [0.1, 0.15) is 23.6 Å². The fourth-order valence-corrected chi connectivity index (χ4v) is 2.21. The van der Waals surface area contributed by atoms with Crippen LogP contribution in [0.15, 0.2) is 48.8 Å². The van der Waals surface area contributed by atoms with Crippen LogP contribution in [-0.2, 0) is 11.3 Å². The molecule has 1 atom stereocenters. The third kappa shape index (κ3) is 5.60. The van der Waals surface area contributed by atoms with Crippen molar-refractivity contribution in [3.63, 3.8) is 0 Å². The molecular formula is C16H17ClN4O2. The number of primary amides is 1. The van der Waals surface area contributed by atoms with Gasteiger partial charge in [-0.05, 0) is 29.3 Å². The molecule has 2 aromatic rings. The van der Waals surface area contributed by atoms with E-state index in [0.717, 1.165) is 11.1 Å². The minimum atomic E-state index is -0.690. The fraction of sp³-hybridized carbons (Fsp3) is 0.188. The van der Waals surface area contributed by atoms with Crippen LogP contribution in [0.25, 0.3) is 0 Å². The van der Waals surface area contributed by atoms with Gasteiger partial charge in [0.25, 0.3) is 0 Å². The summed E-state index contributed by atoms with van der Waals surface area (Å²) in [5.74, 6) is -0.206. The summed E-state index contributed by atoms with van der Waals surface area (Å²) in [7, 11) is 0. The Balaban J connectivity index is 1.98. The van der Waals surface area contributed by atoms with Crippen molar-refractivity contribution < 1.29 is 9.59 Å².